The lowest BCUT2D eigenvalue weighted by atomic mass is 10.1. The molecule has 2 heterocycles. The summed E-state index contributed by atoms with van der Waals surface area (Å²) < 4.78 is 0. The average molecular weight is 248 g/mol. The Balaban J connectivity index is 2.16. The van der Waals surface area contributed by atoms with E-state index in [9.17, 15) is 5.11 Å². The number of rotatable bonds is 3. The van der Waals surface area contributed by atoms with Crippen LogP contribution in [0, 0.1) is 6.92 Å². The molecule has 3 heteroatoms. The van der Waals surface area contributed by atoms with E-state index in [1.807, 2.05) is 19.9 Å². The van der Waals surface area contributed by atoms with Gasteiger partial charge < -0.3 is 10.0 Å². The van der Waals surface area contributed by atoms with E-state index >= 15 is 0 Å². The van der Waals surface area contributed by atoms with Gasteiger partial charge in [-0.2, -0.15) is 0 Å². The van der Waals surface area contributed by atoms with Crippen LogP contribution < -0.4 is 4.90 Å². The van der Waals surface area contributed by atoms with Gasteiger partial charge in [-0.15, -0.1) is 0 Å². The number of hydrogen-bond donors (Lipinski definition) is 1. The standard InChI is InChI=1S/C15H24N2O/c1-3-14(18)13-8-9-15(16-12(13)2)17-10-6-4-5-7-11-17/h8-9,14,18H,3-7,10-11H2,1-2H3/t14-/m1/s1. The topological polar surface area (TPSA) is 36.4 Å². The molecule has 0 unspecified atom stereocenters. The van der Waals surface area contributed by atoms with E-state index in [0.29, 0.717) is 0 Å². The molecule has 0 saturated carbocycles. The van der Waals surface area contributed by atoms with Crippen molar-refractivity contribution in [3.05, 3.63) is 23.4 Å². The number of nitrogens with zero attached hydrogens (tertiary/aromatic N) is 2. The Morgan fingerprint density at radius 2 is 1.89 bits per heavy atom. The minimum absolute atomic E-state index is 0.379. The van der Waals surface area contributed by atoms with Crippen molar-refractivity contribution in [3.8, 4) is 0 Å². The molecule has 0 aliphatic carbocycles. The van der Waals surface area contributed by atoms with Crippen LogP contribution >= 0.6 is 0 Å². The van der Waals surface area contributed by atoms with Crippen LogP contribution in [0.15, 0.2) is 12.1 Å². The van der Waals surface area contributed by atoms with Gasteiger partial charge in [0.15, 0.2) is 0 Å². The van der Waals surface area contributed by atoms with Crippen molar-refractivity contribution in [2.45, 2.75) is 52.1 Å². The fraction of sp³-hybridized carbons (Fsp3) is 0.667. The molecule has 0 amide bonds. The minimum Gasteiger partial charge on any atom is -0.388 e. The van der Waals surface area contributed by atoms with Crippen molar-refractivity contribution in [1.29, 1.82) is 0 Å². The van der Waals surface area contributed by atoms with Crippen LogP contribution in [-0.4, -0.2) is 23.2 Å². The monoisotopic (exact) mass is 248 g/mol. The Hall–Kier alpha value is -1.09. The highest BCUT2D eigenvalue weighted by Crippen LogP contribution is 2.23. The lowest BCUT2D eigenvalue weighted by Crippen LogP contribution is -2.25. The first kappa shape index (κ1) is 13.3. The molecular weight excluding hydrogens is 224 g/mol. The van der Waals surface area contributed by atoms with Gasteiger partial charge in [-0.1, -0.05) is 25.8 Å². The SMILES string of the molecule is CC[C@@H](O)c1ccc(N2CCCCCC2)nc1C. The Kier molecular flexibility index (Phi) is 4.59. The fourth-order valence-corrected chi connectivity index (χ4v) is 2.61. The summed E-state index contributed by atoms with van der Waals surface area (Å²) in [6.07, 6.45) is 5.56. The second-order valence-electron chi connectivity index (χ2n) is 5.17. The van der Waals surface area contributed by atoms with Gasteiger partial charge in [-0.05, 0) is 32.3 Å². The van der Waals surface area contributed by atoms with E-state index in [4.69, 9.17) is 0 Å². The van der Waals surface area contributed by atoms with Crippen molar-refractivity contribution < 1.29 is 5.11 Å². The molecule has 1 aliphatic rings. The highest BCUT2D eigenvalue weighted by atomic mass is 16.3. The molecule has 1 fully saturated rings. The summed E-state index contributed by atoms with van der Waals surface area (Å²) in [5, 5.41) is 9.90. The van der Waals surface area contributed by atoms with Crippen LogP contribution in [0.2, 0.25) is 0 Å². The third-order valence-corrected chi connectivity index (χ3v) is 3.79. The number of aliphatic hydroxyl groups excluding tert-OH is 1. The first-order valence-electron chi connectivity index (χ1n) is 7.13. The van der Waals surface area contributed by atoms with E-state index < -0.39 is 0 Å². The van der Waals surface area contributed by atoms with Crippen LogP contribution in [0.3, 0.4) is 0 Å². The summed E-state index contributed by atoms with van der Waals surface area (Å²) in [6, 6.07) is 4.10. The molecule has 1 atom stereocenters. The van der Waals surface area contributed by atoms with Gasteiger partial charge in [-0.3, -0.25) is 0 Å². The van der Waals surface area contributed by atoms with Crippen molar-refractivity contribution in [1.82, 2.24) is 4.98 Å². The number of aliphatic hydroxyl groups is 1. The summed E-state index contributed by atoms with van der Waals surface area (Å²) in [4.78, 5) is 7.05. The summed E-state index contributed by atoms with van der Waals surface area (Å²) in [7, 11) is 0. The average Bonchev–Trinajstić information content (AvgIpc) is 2.66. The van der Waals surface area contributed by atoms with Gasteiger partial charge in [-0.25, -0.2) is 4.98 Å². The van der Waals surface area contributed by atoms with Gasteiger partial charge in [0.2, 0.25) is 0 Å². The molecule has 3 nitrogen and oxygen atoms in total. The second-order valence-corrected chi connectivity index (χ2v) is 5.17. The maximum Gasteiger partial charge on any atom is 0.128 e. The minimum atomic E-state index is -0.379. The molecule has 1 aromatic rings. The number of hydrogen-bond acceptors (Lipinski definition) is 3. The van der Waals surface area contributed by atoms with Crippen LogP contribution in [0.25, 0.3) is 0 Å². The van der Waals surface area contributed by atoms with E-state index in [0.717, 1.165) is 36.6 Å². The van der Waals surface area contributed by atoms with Crippen LogP contribution in [0.4, 0.5) is 5.82 Å². The molecule has 2 rings (SSSR count). The lowest BCUT2D eigenvalue weighted by molar-refractivity contribution is 0.172. The normalized spacial score (nSPS) is 18.5. The molecule has 100 valence electrons. The maximum absolute atomic E-state index is 9.90. The number of pyridine rings is 1. The first-order valence-corrected chi connectivity index (χ1v) is 7.13. The zero-order chi connectivity index (χ0) is 13.0. The van der Waals surface area contributed by atoms with Gasteiger partial charge in [0.25, 0.3) is 0 Å². The van der Waals surface area contributed by atoms with Gasteiger partial charge in [0.05, 0.1) is 6.10 Å². The van der Waals surface area contributed by atoms with E-state index in [-0.39, 0.29) is 6.10 Å². The van der Waals surface area contributed by atoms with E-state index in [1.54, 1.807) is 0 Å². The van der Waals surface area contributed by atoms with Crippen molar-refractivity contribution in [2.24, 2.45) is 0 Å². The predicted octanol–water partition coefficient (Wildman–Crippen LogP) is 3.21. The molecule has 0 spiro atoms. The second kappa shape index (κ2) is 6.19. The highest BCUT2D eigenvalue weighted by Gasteiger charge is 2.14. The quantitative estimate of drug-likeness (QED) is 0.892. The summed E-state index contributed by atoms with van der Waals surface area (Å²) in [5.74, 6) is 1.07. The van der Waals surface area contributed by atoms with Gasteiger partial charge in [0.1, 0.15) is 5.82 Å². The Bertz CT molecular complexity index is 384. The smallest absolute Gasteiger partial charge is 0.128 e. The summed E-state index contributed by atoms with van der Waals surface area (Å²) >= 11 is 0. The molecular formula is C15H24N2O. The molecule has 18 heavy (non-hydrogen) atoms. The Morgan fingerprint density at radius 1 is 1.22 bits per heavy atom. The van der Waals surface area contributed by atoms with Crippen LogP contribution in [0.5, 0.6) is 0 Å². The molecule has 1 saturated heterocycles. The van der Waals surface area contributed by atoms with Gasteiger partial charge in [0, 0.05) is 24.3 Å². The molecule has 1 aliphatic heterocycles. The number of aryl methyl sites for hydroxylation is 1. The van der Waals surface area contributed by atoms with E-state index in [1.165, 1.54) is 25.7 Å². The largest absolute Gasteiger partial charge is 0.388 e. The third-order valence-electron chi connectivity index (χ3n) is 3.79. The molecule has 1 N–H and O–H groups in total. The highest BCUT2D eigenvalue weighted by molar-refractivity contribution is 5.42. The molecule has 0 radical (unpaired) electrons. The molecule has 0 bridgehead atoms. The lowest BCUT2D eigenvalue weighted by Gasteiger charge is -2.23. The Labute approximate surface area is 110 Å². The predicted molar refractivity (Wildman–Crippen MR) is 74.9 cm³/mol. The number of aromatic nitrogens is 1. The zero-order valence-corrected chi connectivity index (χ0v) is 11.5. The fourth-order valence-electron chi connectivity index (χ4n) is 2.61. The van der Waals surface area contributed by atoms with Crippen molar-refractivity contribution in [2.75, 3.05) is 18.0 Å². The summed E-state index contributed by atoms with van der Waals surface area (Å²) in [6.45, 7) is 6.21. The first-order chi connectivity index (χ1) is 8.72. The van der Waals surface area contributed by atoms with E-state index in [2.05, 4.69) is 16.0 Å². The van der Waals surface area contributed by atoms with Crippen molar-refractivity contribution >= 4 is 5.82 Å². The van der Waals surface area contributed by atoms with Crippen LogP contribution in [0.1, 0.15) is 56.4 Å². The Morgan fingerprint density at radius 3 is 2.44 bits per heavy atom. The summed E-state index contributed by atoms with van der Waals surface area (Å²) in [5.41, 5.74) is 1.93. The van der Waals surface area contributed by atoms with Crippen molar-refractivity contribution in [3.63, 3.8) is 0 Å². The zero-order valence-electron chi connectivity index (χ0n) is 11.5. The maximum atomic E-state index is 9.90. The van der Waals surface area contributed by atoms with Crippen LogP contribution in [-0.2, 0) is 0 Å². The third kappa shape index (κ3) is 3.02. The number of anilines is 1. The van der Waals surface area contributed by atoms with Gasteiger partial charge >= 0.3 is 0 Å². The molecule has 1 aromatic heterocycles. The molecule has 0 aromatic carbocycles.